The Morgan fingerprint density at radius 2 is 1.75 bits per heavy atom. The van der Waals surface area contributed by atoms with Crippen LogP contribution in [0.4, 0.5) is 0 Å². The summed E-state index contributed by atoms with van der Waals surface area (Å²) in [6.45, 7) is 3.56. The van der Waals surface area contributed by atoms with Crippen LogP contribution in [0.3, 0.4) is 0 Å². The van der Waals surface area contributed by atoms with E-state index in [9.17, 15) is 0 Å². The average Bonchev–Trinajstić information content (AvgIpc) is 2.16. The predicted molar refractivity (Wildman–Crippen MR) is 60.1 cm³/mol. The number of hydrogen-bond donors (Lipinski definition) is 0. The molecule has 0 aliphatic carbocycles. The molecular weight excluding hydrogens is 232 g/mol. The molecule has 0 saturated carbocycles. The highest BCUT2D eigenvalue weighted by Gasteiger charge is 2.06. The SMILES string of the molecule is CCOc1nc(Cl)nc(OCCN(C)C)n1. The quantitative estimate of drug-likeness (QED) is 0.742. The summed E-state index contributed by atoms with van der Waals surface area (Å²) >= 11 is 5.69. The largest absolute Gasteiger partial charge is 0.464 e. The first-order valence-corrected chi connectivity index (χ1v) is 5.31. The molecule has 6 nitrogen and oxygen atoms in total. The summed E-state index contributed by atoms with van der Waals surface area (Å²) in [5.74, 6) is 0. The molecule has 0 bridgehead atoms. The van der Waals surface area contributed by atoms with Crippen molar-refractivity contribution in [3.63, 3.8) is 0 Å². The van der Waals surface area contributed by atoms with Crippen LogP contribution in [0.5, 0.6) is 12.0 Å². The lowest BCUT2D eigenvalue weighted by Gasteiger charge is -2.10. The fourth-order valence-corrected chi connectivity index (χ4v) is 1.04. The second kappa shape index (κ2) is 6.44. The van der Waals surface area contributed by atoms with Crippen molar-refractivity contribution in [2.75, 3.05) is 33.9 Å². The van der Waals surface area contributed by atoms with E-state index in [1.807, 2.05) is 25.9 Å². The number of hydrogen-bond acceptors (Lipinski definition) is 6. The number of halogens is 1. The number of rotatable bonds is 6. The third-order valence-corrected chi connectivity index (χ3v) is 1.78. The number of likely N-dealkylation sites (N-methyl/N-ethyl adjacent to an activating group) is 1. The van der Waals surface area contributed by atoms with E-state index in [0.717, 1.165) is 6.54 Å². The Balaban J connectivity index is 2.58. The molecule has 1 aromatic heterocycles. The molecule has 0 amide bonds. The van der Waals surface area contributed by atoms with Crippen molar-refractivity contribution in [1.82, 2.24) is 19.9 Å². The van der Waals surface area contributed by atoms with E-state index in [0.29, 0.717) is 13.2 Å². The molecule has 90 valence electrons. The van der Waals surface area contributed by atoms with Crippen LogP contribution in [0.1, 0.15) is 6.92 Å². The van der Waals surface area contributed by atoms with Crippen LogP contribution >= 0.6 is 11.6 Å². The van der Waals surface area contributed by atoms with E-state index in [2.05, 4.69) is 15.0 Å². The molecule has 16 heavy (non-hydrogen) atoms. The molecule has 0 atom stereocenters. The molecule has 0 fully saturated rings. The molecule has 1 heterocycles. The summed E-state index contributed by atoms with van der Waals surface area (Å²) in [6.07, 6.45) is 0. The Morgan fingerprint density at radius 1 is 1.12 bits per heavy atom. The fourth-order valence-electron chi connectivity index (χ4n) is 0.892. The van der Waals surface area contributed by atoms with E-state index >= 15 is 0 Å². The van der Waals surface area contributed by atoms with Gasteiger partial charge in [-0.3, -0.25) is 0 Å². The van der Waals surface area contributed by atoms with Crippen molar-refractivity contribution in [2.45, 2.75) is 6.92 Å². The monoisotopic (exact) mass is 246 g/mol. The average molecular weight is 247 g/mol. The molecule has 0 saturated heterocycles. The van der Waals surface area contributed by atoms with Crippen LogP contribution < -0.4 is 9.47 Å². The minimum atomic E-state index is 0.0679. The van der Waals surface area contributed by atoms with E-state index in [1.54, 1.807) is 0 Å². The van der Waals surface area contributed by atoms with E-state index in [1.165, 1.54) is 0 Å². The Hall–Kier alpha value is -1.14. The maximum Gasteiger partial charge on any atom is 0.323 e. The minimum Gasteiger partial charge on any atom is -0.464 e. The van der Waals surface area contributed by atoms with Gasteiger partial charge in [0.15, 0.2) is 0 Å². The maximum absolute atomic E-state index is 5.69. The first-order chi connectivity index (χ1) is 7.61. The third kappa shape index (κ3) is 4.59. The maximum atomic E-state index is 5.69. The highest BCUT2D eigenvalue weighted by molar-refractivity contribution is 6.28. The van der Waals surface area contributed by atoms with Crippen LogP contribution in [0.25, 0.3) is 0 Å². The summed E-state index contributed by atoms with van der Waals surface area (Å²) in [5, 5.41) is 0.0679. The van der Waals surface area contributed by atoms with Crippen LogP contribution in [0.2, 0.25) is 5.28 Å². The van der Waals surface area contributed by atoms with Gasteiger partial charge in [-0.15, -0.1) is 4.98 Å². The number of ether oxygens (including phenoxy) is 2. The molecule has 7 heteroatoms. The van der Waals surface area contributed by atoms with Crippen molar-refractivity contribution >= 4 is 11.6 Å². The van der Waals surface area contributed by atoms with Crippen LogP contribution in [-0.2, 0) is 0 Å². The van der Waals surface area contributed by atoms with Gasteiger partial charge < -0.3 is 14.4 Å². The van der Waals surface area contributed by atoms with Crippen molar-refractivity contribution in [3.05, 3.63) is 5.28 Å². The molecular formula is C9H15ClN4O2. The number of nitrogens with zero attached hydrogens (tertiary/aromatic N) is 4. The van der Waals surface area contributed by atoms with Crippen molar-refractivity contribution in [1.29, 1.82) is 0 Å². The Kier molecular flexibility index (Phi) is 5.21. The van der Waals surface area contributed by atoms with E-state index < -0.39 is 0 Å². The summed E-state index contributed by atoms with van der Waals surface area (Å²) in [5.41, 5.74) is 0. The summed E-state index contributed by atoms with van der Waals surface area (Å²) in [6, 6.07) is 0.368. The highest BCUT2D eigenvalue weighted by atomic mass is 35.5. The van der Waals surface area contributed by atoms with Gasteiger partial charge >= 0.3 is 12.0 Å². The Morgan fingerprint density at radius 3 is 2.31 bits per heavy atom. The predicted octanol–water partition coefficient (Wildman–Crippen LogP) is 0.864. The van der Waals surface area contributed by atoms with Crippen LogP contribution in [-0.4, -0.2) is 53.7 Å². The van der Waals surface area contributed by atoms with E-state index in [4.69, 9.17) is 21.1 Å². The smallest absolute Gasteiger partial charge is 0.323 e. The molecule has 1 rings (SSSR count). The summed E-state index contributed by atoms with van der Waals surface area (Å²) in [4.78, 5) is 13.6. The molecule has 0 N–H and O–H groups in total. The zero-order valence-electron chi connectivity index (χ0n) is 9.60. The number of aromatic nitrogens is 3. The van der Waals surface area contributed by atoms with Crippen molar-refractivity contribution in [3.8, 4) is 12.0 Å². The Labute approximate surface area is 99.6 Å². The Bertz CT molecular complexity index is 335. The minimum absolute atomic E-state index is 0.0679. The van der Waals surface area contributed by atoms with Gasteiger partial charge in [0.1, 0.15) is 6.61 Å². The lowest BCUT2D eigenvalue weighted by atomic mass is 10.6. The second-order valence-corrected chi connectivity index (χ2v) is 3.59. The molecule has 0 aliphatic heterocycles. The molecule has 0 aliphatic rings. The van der Waals surface area contributed by atoms with E-state index in [-0.39, 0.29) is 17.3 Å². The van der Waals surface area contributed by atoms with Gasteiger partial charge in [0.25, 0.3) is 0 Å². The first-order valence-electron chi connectivity index (χ1n) is 4.93. The van der Waals surface area contributed by atoms with Gasteiger partial charge in [0.05, 0.1) is 6.61 Å². The van der Waals surface area contributed by atoms with Gasteiger partial charge in [-0.25, -0.2) is 0 Å². The lowest BCUT2D eigenvalue weighted by molar-refractivity contribution is 0.236. The van der Waals surface area contributed by atoms with Crippen LogP contribution in [0, 0.1) is 0 Å². The molecule has 0 unspecified atom stereocenters. The van der Waals surface area contributed by atoms with Crippen molar-refractivity contribution in [2.24, 2.45) is 0 Å². The van der Waals surface area contributed by atoms with Gasteiger partial charge in [0.2, 0.25) is 5.28 Å². The zero-order valence-corrected chi connectivity index (χ0v) is 10.4. The molecule has 1 aromatic rings. The summed E-state index contributed by atoms with van der Waals surface area (Å²) in [7, 11) is 3.91. The topological polar surface area (TPSA) is 60.4 Å². The second-order valence-electron chi connectivity index (χ2n) is 3.25. The standard InChI is InChI=1S/C9H15ClN4O2/c1-4-15-8-11-7(10)12-9(13-8)16-6-5-14(2)3/h4-6H2,1-3H3. The van der Waals surface area contributed by atoms with Gasteiger partial charge in [-0.1, -0.05) is 0 Å². The summed E-state index contributed by atoms with van der Waals surface area (Å²) < 4.78 is 10.4. The van der Waals surface area contributed by atoms with Gasteiger partial charge in [0, 0.05) is 6.54 Å². The first kappa shape index (κ1) is 12.9. The molecule has 0 spiro atoms. The molecule has 0 aromatic carbocycles. The lowest BCUT2D eigenvalue weighted by Crippen LogP contribution is -2.20. The van der Waals surface area contributed by atoms with Gasteiger partial charge in [-0.05, 0) is 32.6 Å². The molecule has 0 radical (unpaired) electrons. The zero-order chi connectivity index (χ0) is 12.0. The van der Waals surface area contributed by atoms with Crippen LogP contribution in [0.15, 0.2) is 0 Å². The van der Waals surface area contributed by atoms with Crippen molar-refractivity contribution < 1.29 is 9.47 Å². The highest BCUT2D eigenvalue weighted by Crippen LogP contribution is 2.12. The normalized spacial score (nSPS) is 10.6. The fraction of sp³-hybridized carbons (Fsp3) is 0.667. The third-order valence-electron chi connectivity index (χ3n) is 1.61. The van der Waals surface area contributed by atoms with Gasteiger partial charge in [-0.2, -0.15) is 9.97 Å².